The number of amides is 1. The number of aromatic nitrogens is 4. The first kappa shape index (κ1) is 23.2. The molecule has 0 unspecified atom stereocenters. The van der Waals surface area contributed by atoms with E-state index in [1.807, 2.05) is 66.2 Å². The van der Waals surface area contributed by atoms with Crippen LogP contribution in [-0.2, 0) is 24.5 Å². The molecule has 0 aliphatic heterocycles. The van der Waals surface area contributed by atoms with E-state index in [4.69, 9.17) is 9.47 Å². The van der Waals surface area contributed by atoms with Gasteiger partial charge in [-0.05, 0) is 43.3 Å². The van der Waals surface area contributed by atoms with Crippen molar-refractivity contribution in [2.45, 2.75) is 33.0 Å². The fourth-order valence-electron chi connectivity index (χ4n) is 4.31. The molecule has 0 aliphatic rings. The molecule has 5 rings (SSSR count). The summed E-state index contributed by atoms with van der Waals surface area (Å²) in [4.78, 5) is 30.1. The van der Waals surface area contributed by atoms with Gasteiger partial charge in [0.05, 0.1) is 23.8 Å². The van der Waals surface area contributed by atoms with Crippen molar-refractivity contribution < 1.29 is 14.3 Å². The third-order valence-electron chi connectivity index (χ3n) is 6.04. The minimum atomic E-state index is -0.202. The molecule has 9 nitrogen and oxygen atoms in total. The number of rotatable bonds is 9. The molecule has 0 radical (unpaired) electrons. The van der Waals surface area contributed by atoms with Crippen molar-refractivity contribution in [3.8, 4) is 11.5 Å². The van der Waals surface area contributed by atoms with Crippen LogP contribution in [0.25, 0.3) is 16.7 Å². The van der Waals surface area contributed by atoms with Crippen molar-refractivity contribution >= 4 is 28.3 Å². The number of methoxy groups -OCH3 is 1. The zero-order chi connectivity index (χ0) is 25.1. The van der Waals surface area contributed by atoms with Crippen LogP contribution in [-0.4, -0.2) is 31.5 Å². The second-order valence-corrected chi connectivity index (χ2v) is 8.32. The van der Waals surface area contributed by atoms with Crippen molar-refractivity contribution in [3.63, 3.8) is 0 Å². The number of anilines is 1. The summed E-state index contributed by atoms with van der Waals surface area (Å²) >= 11 is 0. The minimum absolute atomic E-state index is 0.112. The average molecular weight is 486 g/mol. The number of hydrogen-bond donors (Lipinski definition) is 1. The van der Waals surface area contributed by atoms with E-state index in [1.54, 1.807) is 34.4 Å². The Morgan fingerprint density at radius 3 is 2.53 bits per heavy atom. The van der Waals surface area contributed by atoms with E-state index in [0.29, 0.717) is 23.7 Å². The molecule has 0 aliphatic carbocycles. The topological polar surface area (TPSA) is 91.8 Å². The van der Waals surface area contributed by atoms with E-state index >= 15 is 0 Å². The molecule has 0 bridgehead atoms. The highest BCUT2D eigenvalue weighted by Gasteiger charge is 2.14. The summed E-state index contributed by atoms with van der Waals surface area (Å²) in [6, 6.07) is 18.6. The van der Waals surface area contributed by atoms with Gasteiger partial charge in [0, 0.05) is 43.7 Å². The molecular weight excluding hydrogens is 458 g/mol. The SMILES string of the molecule is CCn1c(=O)n(CCC(=O)Nc2ccc(OC)c(OCc3cn4ccccc4n3)c2)c2ccccc21. The highest BCUT2D eigenvalue weighted by molar-refractivity contribution is 5.91. The van der Waals surface area contributed by atoms with E-state index in [1.165, 1.54) is 0 Å². The summed E-state index contributed by atoms with van der Waals surface area (Å²) in [5, 5.41) is 2.90. The number of benzene rings is 2. The van der Waals surface area contributed by atoms with Crippen LogP contribution in [0.5, 0.6) is 11.5 Å². The Labute approximate surface area is 207 Å². The van der Waals surface area contributed by atoms with Crippen LogP contribution in [0.15, 0.2) is 77.9 Å². The number of ether oxygens (including phenoxy) is 2. The Balaban J connectivity index is 1.27. The lowest BCUT2D eigenvalue weighted by Crippen LogP contribution is -2.25. The normalized spacial score (nSPS) is 11.2. The third-order valence-corrected chi connectivity index (χ3v) is 6.04. The molecule has 0 fully saturated rings. The third kappa shape index (κ3) is 4.55. The maximum atomic E-state index is 12.8. The number of pyridine rings is 1. The standard InChI is InChI=1S/C27H27N5O4/c1-3-31-21-8-4-5-9-22(21)32(27(31)34)15-13-26(33)29-19-11-12-23(35-2)24(16-19)36-18-20-17-30-14-7-6-10-25(30)28-20/h4-12,14,16-17H,3,13,15,18H2,1-2H3,(H,29,33). The second kappa shape index (κ2) is 9.99. The fourth-order valence-corrected chi connectivity index (χ4v) is 4.31. The first-order valence-electron chi connectivity index (χ1n) is 11.8. The molecule has 0 spiro atoms. The molecule has 3 heterocycles. The van der Waals surface area contributed by atoms with E-state index in [0.717, 1.165) is 22.4 Å². The van der Waals surface area contributed by atoms with Crippen molar-refractivity contribution in [3.05, 3.63) is 89.2 Å². The van der Waals surface area contributed by atoms with Crippen molar-refractivity contribution in [1.82, 2.24) is 18.5 Å². The monoisotopic (exact) mass is 485 g/mol. The number of para-hydroxylation sites is 2. The van der Waals surface area contributed by atoms with Crippen LogP contribution in [0.3, 0.4) is 0 Å². The van der Waals surface area contributed by atoms with Gasteiger partial charge in [-0.15, -0.1) is 0 Å². The summed E-state index contributed by atoms with van der Waals surface area (Å²) < 4.78 is 16.7. The summed E-state index contributed by atoms with van der Waals surface area (Å²) in [5.41, 5.74) is 3.77. The molecule has 0 saturated carbocycles. The Hall–Kier alpha value is -4.53. The van der Waals surface area contributed by atoms with Crippen molar-refractivity contribution in [1.29, 1.82) is 0 Å². The highest BCUT2D eigenvalue weighted by atomic mass is 16.5. The molecular formula is C27H27N5O4. The molecule has 184 valence electrons. The van der Waals surface area contributed by atoms with Gasteiger partial charge in [-0.1, -0.05) is 18.2 Å². The molecule has 2 aromatic carbocycles. The van der Waals surface area contributed by atoms with Gasteiger partial charge in [-0.25, -0.2) is 9.78 Å². The van der Waals surface area contributed by atoms with Crippen LogP contribution >= 0.6 is 0 Å². The van der Waals surface area contributed by atoms with E-state index in [9.17, 15) is 9.59 Å². The number of carbonyl (C=O) groups is 1. The first-order valence-corrected chi connectivity index (χ1v) is 11.8. The maximum Gasteiger partial charge on any atom is 0.329 e. The van der Waals surface area contributed by atoms with Gasteiger partial charge in [-0.2, -0.15) is 0 Å². The molecule has 0 atom stereocenters. The highest BCUT2D eigenvalue weighted by Crippen LogP contribution is 2.31. The average Bonchev–Trinajstić information content (AvgIpc) is 3.43. The Morgan fingerprint density at radius 1 is 1.00 bits per heavy atom. The van der Waals surface area contributed by atoms with Gasteiger partial charge >= 0.3 is 5.69 Å². The number of carbonyl (C=O) groups excluding carboxylic acids is 1. The van der Waals surface area contributed by atoms with Crippen LogP contribution < -0.4 is 20.5 Å². The zero-order valence-electron chi connectivity index (χ0n) is 20.2. The number of nitrogens with zero attached hydrogens (tertiary/aromatic N) is 4. The number of imidazole rings is 2. The summed E-state index contributed by atoms with van der Waals surface area (Å²) in [6.07, 6.45) is 3.99. The summed E-state index contributed by atoms with van der Waals surface area (Å²) in [7, 11) is 1.57. The zero-order valence-corrected chi connectivity index (χ0v) is 20.2. The van der Waals surface area contributed by atoms with Gasteiger partial charge in [0.25, 0.3) is 0 Å². The molecule has 36 heavy (non-hydrogen) atoms. The Kier molecular flexibility index (Phi) is 6.44. The van der Waals surface area contributed by atoms with E-state index in [2.05, 4.69) is 10.3 Å². The first-order chi connectivity index (χ1) is 17.6. The van der Waals surface area contributed by atoms with E-state index in [-0.39, 0.29) is 31.2 Å². The molecule has 5 aromatic rings. The van der Waals surface area contributed by atoms with Crippen LogP contribution in [0.1, 0.15) is 19.0 Å². The van der Waals surface area contributed by atoms with Crippen LogP contribution in [0.2, 0.25) is 0 Å². The molecule has 1 amide bonds. The van der Waals surface area contributed by atoms with Gasteiger partial charge < -0.3 is 19.2 Å². The lowest BCUT2D eigenvalue weighted by atomic mass is 10.2. The van der Waals surface area contributed by atoms with Gasteiger partial charge in [-0.3, -0.25) is 13.9 Å². The maximum absolute atomic E-state index is 12.8. The Morgan fingerprint density at radius 2 is 1.78 bits per heavy atom. The summed E-state index contributed by atoms with van der Waals surface area (Å²) in [5.74, 6) is 0.844. The number of nitrogens with one attached hydrogen (secondary N) is 1. The van der Waals surface area contributed by atoms with Crippen molar-refractivity contribution in [2.24, 2.45) is 0 Å². The molecule has 9 heteroatoms. The molecule has 3 aromatic heterocycles. The predicted molar refractivity (Wildman–Crippen MR) is 138 cm³/mol. The largest absolute Gasteiger partial charge is 0.493 e. The second-order valence-electron chi connectivity index (χ2n) is 8.32. The number of hydrogen-bond acceptors (Lipinski definition) is 5. The fraction of sp³-hybridized carbons (Fsp3) is 0.222. The van der Waals surface area contributed by atoms with Gasteiger partial charge in [0.15, 0.2) is 11.5 Å². The predicted octanol–water partition coefficient (Wildman–Crippen LogP) is 4.09. The van der Waals surface area contributed by atoms with Crippen LogP contribution in [0, 0.1) is 0 Å². The van der Waals surface area contributed by atoms with E-state index < -0.39 is 0 Å². The van der Waals surface area contributed by atoms with Gasteiger partial charge in [0.2, 0.25) is 5.91 Å². The van der Waals surface area contributed by atoms with Gasteiger partial charge in [0.1, 0.15) is 12.3 Å². The molecule has 1 N–H and O–H groups in total. The quantitative estimate of drug-likeness (QED) is 0.340. The lowest BCUT2D eigenvalue weighted by Gasteiger charge is -2.12. The minimum Gasteiger partial charge on any atom is -0.493 e. The molecule has 0 saturated heterocycles. The smallest absolute Gasteiger partial charge is 0.329 e. The van der Waals surface area contributed by atoms with Crippen LogP contribution in [0.4, 0.5) is 5.69 Å². The van der Waals surface area contributed by atoms with Crippen molar-refractivity contribution in [2.75, 3.05) is 12.4 Å². The lowest BCUT2D eigenvalue weighted by molar-refractivity contribution is -0.116. The summed E-state index contributed by atoms with van der Waals surface area (Å²) in [6.45, 7) is 3.04. The number of aryl methyl sites for hydroxylation is 2. The Bertz CT molecular complexity index is 1560. The number of fused-ring (bicyclic) bond motifs is 2.